The summed E-state index contributed by atoms with van der Waals surface area (Å²) in [6, 6.07) is 19.9. The monoisotopic (exact) mass is 574 g/mol. The van der Waals surface area contributed by atoms with Crippen LogP contribution in [0.2, 0.25) is 0 Å². The van der Waals surface area contributed by atoms with Crippen molar-refractivity contribution in [2.75, 3.05) is 24.5 Å². The maximum atomic E-state index is 12.9. The summed E-state index contributed by atoms with van der Waals surface area (Å²) in [5.41, 5.74) is 4.83. The van der Waals surface area contributed by atoms with Crippen LogP contribution in [0.3, 0.4) is 0 Å². The summed E-state index contributed by atoms with van der Waals surface area (Å²) in [5.74, 6) is 0.551. The first kappa shape index (κ1) is 27.2. The smallest absolute Gasteiger partial charge is 0.255 e. The Hall–Kier alpha value is -4.63. The molecule has 0 radical (unpaired) electrons. The number of aromatic nitrogens is 2. The molecule has 3 aliphatic heterocycles. The number of amides is 3. The van der Waals surface area contributed by atoms with E-state index in [0.717, 1.165) is 72.6 Å². The Morgan fingerprint density at radius 2 is 1.67 bits per heavy atom. The van der Waals surface area contributed by atoms with Crippen LogP contribution < -0.4 is 15.5 Å². The molecule has 7 rings (SSSR count). The number of nitrogens with zero attached hydrogens (tertiary/aromatic N) is 4. The SMILES string of the molecule is O=C1CCC(N2Cc3cc(CNCC4CCN(c5cnc(-c6cccc7ccccc67)nc5)CC4)ccc3C2=O)C(=O)N1. The van der Waals surface area contributed by atoms with Gasteiger partial charge in [-0.05, 0) is 59.7 Å². The average Bonchev–Trinajstić information content (AvgIpc) is 3.36. The molecule has 3 aliphatic rings. The number of benzene rings is 3. The summed E-state index contributed by atoms with van der Waals surface area (Å²) in [6.07, 6.45) is 6.72. The molecule has 218 valence electrons. The van der Waals surface area contributed by atoms with E-state index in [1.807, 2.05) is 36.7 Å². The Balaban J connectivity index is 0.899. The van der Waals surface area contributed by atoms with Crippen LogP contribution in [-0.4, -0.2) is 58.3 Å². The van der Waals surface area contributed by atoms with Crippen molar-refractivity contribution in [3.63, 3.8) is 0 Å². The highest BCUT2D eigenvalue weighted by molar-refractivity contribution is 6.05. The molecule has 9 heteroatoms. The lowest BCUT2D eigenvalue weighted by molar-refractivity contribution is -0.136. The highest BCUT2D eigenvalue weighted by atomic mass is 16.2. The van der Waals surface area contributed by atoms with Gasteiger partial charge in [0.1, 0.15) is 6.04 Å². The van der Waals surface area contributed by atoms with Crippen LogP contribution in [0.4, 0.5) is 5.69 Å². The fourth-order valence-corrected chi connectivity index (χ4v) is 6.60. The number of piperidine rings is 2. The third-order valence-electron chi connectivity index (χ3n) is 9.00. The molecule has 43 heavy (non-hydrogen) atoms. The van der Waals surface area contributed by atoms with Crippen molar-refractivity contribution < 1.29 is 14.4 Å². The van der Waals surface area contributed by atoms with Gasteiger partial charge in [-0.25, -0.2) is 9.97 Å². The van der Waals surface area contributed by atoms with Gasteiger partial charge in [-0.1, -0.05) is 54.6 Å². The Kier molecular flexibility index (Phi) is 7.32. The minimum Gasteiger partial charge on any atom is -0.369 e. The second-order valence-corrected chi connectivity index (χ2v) is 11.7. The number of fused-ring (bicyclic) bond motifs is 2. The highest BCUT2D eigenvalue weighted by Gasteiger charge is 2.39. The first-order valence-corrected chi connectivity index (χ1v) is 15.1. The number of carbonyl (C=O) groups excluding carboxylic acids is 3. The number of rotatable bonds is 7. The van der Waals surface area contributed by atoms with Crippen LogP contribution in [0.15, 0.2) is 73.1 Å². The molecule has 0 saturated carbocycles. The Labute approximate surface area is 250 Å². The second-order valence-electron chi connectivity index (χ2n) is 11.7. The zero-order valence-corrected chi connectivity index (χ0v) is 24.0. The van der Waals surface area contributed by atoms with Crippen LogP contribution in [0.5, 0.6) is 0 Å². The van der Waals surface area contributed by atoms with Gasteiger partial charge in [0.05, 0.1) is 18.1 Å². The summed E-state index contributed by atoms with van der Waals surface area (Å²) in [5, 5.41) is 8.32. The van der Waals surface area contributed by atoms with Crippen molar-refractivity contribution in [2.24, 2.45) is 5.92 Å². The van der Waals surface area contributed by atoms with Crippen molar-refractivity contribution in [3.05, 3.63) is 89.7 Å². The Morgan fingerprint density at radius 1 is 0.884 bits per heavy atom. The van der Waals surface area contributed by atoms with E-state index in [0.29, 0.717) is 24.4 Å². The lowest BCUT2D eigenvalue weighted by atomic mass is 9.96. The molecule has 1 atom stereocenters. The number of nitrogens with one attached hydrogen (secondary N) is 2. The molecule has 2 fully saturated rings. The molecule has 1 unspecified atom stereocenters. The van der Waals surface area contributed by atoms with Crippen molar-refractivity contribution >= 4 is 34.2 Å². The number of hydrogen-bond acceptors (Lipinski definition) is 7. The molecule has 4 aromatic rings. The topological polar surface area (TPSA) is 108 Å². The highest BCUT2D eigenvalue weighted by Crippen LogP contribution is 2.30. The first-order chi connectivity index (χ1) is 21.0. The van der Waals surface area contributed by atoms with Gasteiger partial charge < -0.3 is 15.1 Å². The molecular weight excluding hydrogens is 540 g/mol. The quantitative estimate of drug-likeness (QED) is 0.321. The van der Waals surface area contributed by atoms with E-state index in [1.54, 1.807) is 4.90 Å². The summed E-state index contributed by atoms with van der Waals surface area (Å²) >= 11 is 0. The van der Waals surface area contributed by atoms with Gasteiger partial charge >= 0.3 is 0 Å². The molecule has 0 spiro atoms. The van der Waals surface area contributed by atoms with Gasteiger partial charge in [0, 0.05) is 43.7 Å². The molecule has 3 aromatic carbocycles. The summed E-state index contributed by atoms with van der Waals surface area (Å²) < 4.78 is 0. The average molecular weight is 575 g/mol. The van der Waals surface area contributed by atoms with Gasteiger partial charge in [0.15, 0.2) is 5.82 Å². The van der Waals surface area contributed by atoms with Gasteiger partial charge in [0.25, 0.3) is 5.91 Å². The summed E-state index contributed by atoms with van der Waals surface area (Å²) in [7, 11) is 0. The van der Waals surface area contributed by atoms with E-state index in [-0.39, 0.29) is 24.1 Å². The van der Waals surface area contributed by atoms with Gasteiger partial charge in [-0.15, -0.1) is 0 Å². The van der Waals surface area contributed by atoms with Gasteiger partial charge in [0.2, 0.25) is 11.8 Å². The number of carbonyl (C=O) groups is 3. The standard InChI is InChI=1S/C34H34N6O3/c41-31-11-10-30(33(42)38-31)40-21-25-16-23(8-9-28(25)34(40)43)18-35-17-22-12-14-39(15-13-22)26-19-36-32(37-20-26)29-7-3-5-24-4-1-2-6-27(24)29/h1-9,16,19-20,22,30,35H,10-15,17-18,21H2,(H,38,41,42). The van der Waals surface area contributed by atoms with Crippen molar-refractivity contribution in [1.82, 2.24) is 25.5 Å². The van der Waals surface area contributed by atoms with Crippen LogP contribution in [0.25, 0.3) is 22.2 Å². The van der Waals surface area contributed by atoms with E-state index in [2.05, 4.69) is 51.9 Å². The maximum Gasteiger partial charge on any atom is 0.255 e. The van der Waals surface area contributed by atoms with E-state index in [4.69, 9.17) is 9.97 Å². The fraction of sp³-hybridized carbons (Fsp3) is 0.324. The second kappa shape index (κ2) is 11.6. The van der Waals surface area contributed by atoms with E-state index in [1.165, 1.54) is 5.39 Å². The van der Waals surface area contributed by atoms with Crippen molar-refractivity contribution in [2.45, 2.75) is 44.8 Å². The molecule has 2 saturated heterocycles. The Bertz CT molecular complexity index is 1690. The van der Waals surface area contributed by atoms with E-state index < -0.39 is 6.04 Å². The molecule has 9 nitrogen and oxygen atoms in total. The van der Waals surface area contributed by atoms with Crippen LogP contribution in [-0.2, 0) is 22.7 Å². The zero-order valence-electron chi connectivity index (χ0n) is 24.0. The predicted molar refractivity (Wildman–Crippen MR) is 164 cm³/mol. The predicted octanol–water partition coefficient (Wildman–Crippen LogP) is 4.06. The van der Waals surface area contributed by atoms with Crippen LogP contribution in [0.1, 0.15) is 47.2 Å². The first-order valence-electron chi connectivity index (χ1n) is 15.1. The minimum absolute atomic E-state index is 0.135. The third-order valence-corrected chi connectivity index (χ3v) is 9.00. The molecule has 3 amide bonds. The maximum absolute atomic E-state index is 12.9. The molecule has 0 bridgehead atoms. The Morgan fingerprint density at radius 3 is 2.49 bits per heavy atom. The van der Waals surface area contributed by atoms with Crippen molar-refractivity contribution in [3.8, 4) is 11.4 Å². The zero-order chi connectivity index (χ0) is 29.3. The molecule has 0 aliphatic carbocycles. The third kappa shape index (κ3) is 5.48. The molecule has 2 N–H and O–H groups in total. The van der Waals surface area contributed by atoms with Crippen LogP contribution >= 0.6 is 0 Å². The largest absolute Gasteiger partial charge is 0.369 e. The fourth-order valence-electron chi connectivity index (χ4n) is 6.60. The van der Waals surface area contributed by atoms with Crippen molar-refractivity contribution in [1.29, 1.82) is 0 Å². The van der Waals surface area contributed by atoms with Crippen LogP contribution in [0, 0.1) is 5.92 Å². The molecular formula is C34H34N6O3. The normalized spacial score (nSPS) is 19.2. The number of hydrogen-bond donors (Lipinski definition) is 2. The van der Waals surface area contributed by atoms with Gasteiger partial charge in [-0.3, -0.25) is 19.7 Å². The van der Waals surface area contributed by atoms with Gasteiger partial charge in [-0.2, -0.15) is 0 Å². The van der Waals surface area contributed by atoms with E-state index in [9.17, 15) is 14.4 Å². The molecule has 4 heterocycles. The number of imide groups is 1. The van der Waals surface area contributed by atoms with E-state index >= 15 is 0 Å². The summed E-state index contributed by atoms with van der Waals surface area (Å²) in [4.78, 5) is 50.2. The number of anilines is 1. The lowest BCUT2D eigenvalue weighted by Gasteiger charge is -2.33. The minimum atomic E-state index is -0.584. The molecule has 1 aromatic heterocycles. The lowest BCUT2D eigenvalue weighted by Crippen LogP contribution is -2.52. The summed E-state index contributed by atoms with van der Waals surface area (Å²) in [6.45, 7) is 4.01.